The second kappa shape index (κ2) is 6.61. The Kier molecular flexibility index (Phi) is 5.43. The van der Waals surface area contributed by atoms with Gasteiger partial charge in [0, 0.05) is 24.1 Å². The minimum absolute atomic E-state index is 0.00578. The lowest BCUT2D eigenvalue weighted by Gasteiger charge is -2.22. The van der Waals surface area contributed by atoms with Gasteiger partial charge in [-0.05, 0) is 13.2 Å². The van der Waals surface area contributed by atoms with Crippen LogP contribution in [-0.4, -0.2) is 46.8 Å². The van der Waals surface area contributed by atoms with E-state index >= 15 is 0 Å². The van der Waals surface area contributed by atoms with E-state index < -0.39 is 0 Å². The summed E-state index contributed by atoms with van der Waals surface area (Å²) in [6, 6.07) is -0.150. The summed E-state index contributed by atoms with van der Waals surface area (Å²) in [4.78, 5) is 22.6. The van der Waals surface area contributed by atoms with Gasteiger partial charge < -0.3 is 10.4 Å². The molecular formula is C10H17N3O3S. The number of nitrogens with one attached hydrogen (secondary N) is 2. The molecule has 0 aromatic heterocycles. The van der Waals surface area contributed by atoms with Crippen molar-refractivity contribution in [2.24, 2.45) is 5.10 Å². The monoisotopic (exact) mass is 259 g/mol. The number of aliphatic hydroxyl groups excluding tert-OH is 1. The number of thioether (sulfide) groups is 1. The van der Waals surface area contributed by atoms with Gasteiger partial charge in [-0.2, -0.15) is 16.9 Å². The molecule has 2 amide bonds. The van der Waals surface area contributed by atoms with Gasteiger partial charge >= 0.3 is 0 Å². The Morgan fingerprint density at radius 1 is 1.65 bits per heavy atom. The molecule has 1 heterocycles. The summed E-state index contributed by atoms with van der Waals surface area (Å²) >= 11 is 1.49. The zero-order valence-corrected chi connectivity index (χ0v) is 10.7. The number of nitrogens with zero attached hydrogens (tertiary/aromatic N) is 1. The second-order valence-corrected chi connectivity index (χ2v) is 4.89. The number of hydrogen-bond donors (Lipinski definition) is 3. The molecule has 0 saturated heterocycles. The van der Waals surface area contributed by atoms with E-state index in [1.165, 1.54) is 11.8 Å². The van der Waals surface area contributed by atoms with Gasteiger partial charge in [-0.1, -0.05) is 0 Å². The first-order valence-electron chi connectivity index (χ1n) is 5.38. The highest BCUT2D eigenvalue weighted by molar-refractivity contribution is 7.99. The van der Waals surface area contributed by atoms with Gasteiger partial charge in [-0.3, -0.25) is 9.59 Å². The van der Waals surface area contributed by atoms with Crippen LogP contribution >= 0.6 is 11.8 Å². The van der Waals surface area contributed by atoms with E-state index in [0.717, 1.165) is 0 Å². The summed E-state index contributed by atoms with van der Waals surface area (Å²) in [7, 11) is 0. The van der Waals surface area contributed by atoms with E-state index in [9.17, 15) is 9.59 Å². The third-order valence-corrected chi connectivity index (χ3v) is 3.73. The highest BCUT2D eigenvalue weighted by Crippen LogP contribution is 2.10. The number of carbonyl (C=O) groups is 2. The molecule has 17 heavy (non-hydrogen) atoms. The third kappa shape index (κ3) is 4.01. The predicted molar refractivity (Wildman–Crippen MR) is 66.8 cm³/mol. The average molecular weight is 259 g/mol. The molecular weight excluding hydrogens is 242 g/mol. The van der Waals surface area contributed by atoms with Gasteiger partial charge in [0.25, 0.3) is 5.91 Å². The van der Waals surface area contributed by atoms with Crippen LogP contribution in [0.3, 0.4) is 0 Å². The normalized spacial score (nSPS) is 19.0. The Balaban J connectivity index is 2.51. The molecule has 1 rings (SSSR count). The fraction of sp³-hybridized carbons (Fsp3) is 0.700. The van der Waals surface area contributed by atoms with Crippen LogP contribution in [0.1, 0.15) is 19.8 Å². The summed E-state index contributed by atoms with van der Waals surface area (Å²) in [5.41, 5.74) is 2.61. The van der Waals surface area contributed by atoms with Gasteiger partial charge in [0.15, 0.2) is 0 Å². The maximum absolute atomic E-state index is 11.8. The minimum atomic E-state index is -0.287. The highest BCUT2D eigenvalue weighted by Gasteiger charge is 2.22. The summed E-state index contributed by atoms with van der Waals surface area (Å²) < 4.78 is 0. The first-order chi connectivity index (χ1) is 8.08. The number of rotatable bonds is 5. The van der Waals surface area contributed by atoms with Crippen molar-refractivity contribution in [3.8, 4) is 0 Å². The maximum atomic E-state index is 11.8. The molecule has 0 aliphatic carbocycles. The van der Waals surface area contributed by atoms with Crippen LogP contribution in [0.5, 0.6) is 0 Å². The molecule has 0 radical (unpaired) electrons. The molecule has 2 unspecified atom stereocenters. The summed E-state index contributed by atoms with van der Waals surface area (Å²) in [6.07, 6.45) is 2.52. The van der Waals surface area contributed by atoms with Crippen LogP contribution in [0.2, 0.25) is 0 Å². The quantitative estimate of drug-likeness (QED) is 0.619. The zero-order chi connectivity index (χ0) is 12.8. The van der Waals surface area contributed by atoms with Gasteiger partial charge in [-0.25, -0.2) is 5.43 Å². The van der Waals surface area contributed by atoms with Gasteiger partial charge in [0.05, 0.1) is 6.61 Å². The number of hydrogen-bond acceptors (Lipinski definition) is 5. The summed E-state index contributed by atoms with van der Waals surface area (Å²) in [6.45, 7) is 1.84. The number of carbonyl (C=O) groups excluding carboxylic acids is 2. The number of hydrazone groups is 1. The van der Waals surface area contributed by atoms with E-state index in [0.29, 0.717) is 12.1 Å². The lowest BCUT2D eigenvalue weighted by Crippen LogP contribution is -2.45. The van der Waals surface area contributed by atoms with Crippen molar-refractivity contribution in [1.29, 1.82) is 0 Å². The SMILES string of the molecule is CSC(CO)C(C)NC(=O)C1=NNC(=O)CC1. The van der Waals surface area contributed by atoms with Crippen LogP contribution in [0, 0.1) is 0 Å². The molecule has 2 atom stereocenters. The molecule has 0 bridgehead atoms. The van der Waals surface area contributed by atoms with Crippen LogP contribution in [0.4, 0.5) is 0 Å². The molecule has 0 saturated carbocycles. The Bertz CT molecular complexity index is 329. The standard InChI is InChI=1S/C10H17N3O3S/c1-6(8(5-14)17-2)11-10(16)7-3-4-9(15)13-12-7/h6,8,14H,3-5H2,1-2H3,(H,11,16)(H,13,15). The van der Waals surface area contributed by atoms with Crippen molar-refractivity contribution in [3.63, 3.8) is 0 Å². The molecule has 0 fully saturated rings. The van der Waals surface area contributed by atoms with E-state index in [4.69, 9.17) is 5.11 Å². The number of amides is 2. The van der Waals surface area contributed by atoms with Crippen molar-refractivity contribution >= 4 is 29.3 Å². The van der Waals surface area contributed by atoms with Crippen molar-refractivity contribution in [2.75, 3.05) is 12.9 Å². The van der Waals surface area contributed by atoms with Gasteiger partial charge in [0.2, 0.25) is 5.91 Å². The van der Waals surface area contributed by atoms with Crippen molar-refractivity contribution < 1.29 is 14.7 Å². The smallest absolute Gasteiger partial charge is 0.267 e. The first kappa shape index (κ1) is 14.0. The molecule has 0 spiro atoms. The average Bonchev–Trinajstić information content (AvgIpc) is 2.31. The van der Waals surface area contributed by atoms with Crippen LogP contribution in [-0.2, 0) is 9.59 Å². The Morgan fingerprint density at radius 3 is 2.82 bits per heavy atom. The summed E-state index contributed by atoms with van der Waals surface area (Å²) in [5, 5.41) is 15.5. The van der Waals surface area contributed by atoms with E-state index in [1.54, 1.807) is 0 Å². The minimum Gasteiger partial charge on any atom is -0.395 e. The molecule has 7 heteroatoms. The topological polar surface area (TPSA) is 90.8 Å². The second-order valence-electron chi connectivity index (χ2n) is 3.81. The van der Waals surface area contributed by atoms with Crippen LogP contribution < -0.4 is 10.7 Å². The zero-order valence-electron chi connectivity index (χ0n) is 9.90. The van der Waals surface area contributed by atoms with Crippen molar-refractivity contribution in [2.45, 2.75) is 31.1 Å². The molecule has 3 N–H and O–H groups in total. The molecule has 0 aromatic carbocycles. The highest BCUT2D eigenvalue weighted by atomic mass is 32.2. The molecule has 0 aromatic rings. The lowest BCUT2D eigenvalue weighted by molar-refractivity contribution is -0.121. The predicted octanol–water partition coefficient (Wildman–Crippen LogP) is -0.519. The fourth-order valence-corrected chi connectivity index (χ4v) is 2.08. The third-order valence-electron chi connectivity index (χ3n) is 2.57. The molecule has 96 valence electrons. The largest absolute Gasteiger partial charge is 0.395 e. The molecule has 6 nitrogen and oxygen atoms in total. The van der Waals surface area contributed by atoms with E-state index in [1.807, 2.05) is 13.2 Å². The summed E-state index contributed by atoms with van der Waals surface area (Å²) in [5.74, 6) is -0.461. The van der Waals surface area contributed by atoms with Crippen LogP contribution in [0.15, 0.2) is 5.10 Å². The molecule has 1 aliphatic rings. The van der Waals surface area contributed by atoms with Gasteiger partial charge in [0.1, 0.15) is 5.71 Å². The van der Waals surface area contributed by atoms with E-state index in [2.05, 4.69) is 15.8 Å². The lowest BCUT2D eigenvalue weighted by atomic mass is 10.1. The number of aliphatic hydroxyl groups is 1. The van der Waals surface area contributed by atoms with Crippen LogP contribution in [0.25, 0.3) is 0 Å². The Hall–Kier alpha value is -1.08. The van der Waals surface area contributed by atoms with Crippen molar-refractivity contribution in [1.82, 2.24) is 10.7 Å². The van der Waals surface area contributed by atoms with E-state index in [-0.39, 0.29) is 36.1 Å². The maximum Gasteiger partial charge on any atom is 0.267 e. The fourth-order valence-electron chi connectivity index (χ4n) is 1.46. The molecule has 1 aliphatic heterocycles. The Morgan fingerprint density at radius 2 is 2.35 bits per heavy atom. The van der Waals surface area contributed by atoms with Crippen molar-refractivity contribution in [3.05, 3.63) is 0 Å². The first-order valence-corrected chi connectivity index (χ1v) is 6.67. The van der Waals surface area contributed by atoms with Gasteiger partial charge in [-0.15, -0.1) is 0 Å². The Labute approximate surface area is 104 Å².